The van der Waals surface area contributed by atoms with Crippen molar-refractivity contribution in [1.82, 2.24) is 4.72 Å². The molecule has 182 valence electrons. The fourth-order valence-corrected chi connectivity index (χ4v) is 6.66. The van der Waals surface area contributed by atoms with Crippen molar-refractivity contribution in [3.8, 4) is 0 Å². The van der Waals surface area contributed by atoms with Crippen molar-refractivity contribution in [2.45, 2.75) is 62.1 Å². The predicted octanol–water partition coefficient (Wildman–Crippen LogP) is 4.39. The molecule has 1 saturated carbocycles. The summed E-state index contributed by atoms with van der Waals surface area (Å²) in [5.74, 6) is -0.120. The van der Waals surface area contributed by atoms with Gasteiger partial charge in [-0.1, -0.05) is 48.5 Å². The Balaban J connectivity index is 1.46. The van der Waals surface area contributed by atoms with Crippen LogP contribution in [0.3, 0.4) is 0 Å². The summed E-state index contributed by atoms with van der Waals surface area (Å²) in [6, 6.07) is 21.6. The topological polar surface area (TPSA) is 86.7 Å². The molecule has 2 aliphatic rings. The molecule has 2 N–H and O–H groups in total. The number of ketones is 1. The predicted molar refractivity (Wildman–Crippen MR) is 137 cm³/mol. The molecule has 0 bridgehead atoms. The molecular weight excluding hydrogens is 460 g/mol. The largest absolute Gasteiger partial charge is 0.389 e. The van der Waals surface area contributed by atoms with Gasteiger partial charge in [-0.3, -0.25) is 4.79 Å². The second kappa shape index (κ2) is 9.57. The number of hydrogen-bond acceptors (Lipinski definition) is 5. The lowest BCUT2D eigenvalue weighted by atomic mass is 9.86. The van der Waals surface area contributed by atoms with Gasteiger partial charge in [0.25, 0.3) is 0 Å². The van der Waals surface area contributed by atoms with Crippen LogP contribution in [0.4, 0.5) is 11.4 Å². The van der Waals surface area contributed by atoms with Crippen molar-refractivity contribution in [2.75, 3.05) is 4.90 Å². The Morgan fingerprint density at radius 2 is 1.46 bits per heavy atom. The number of fused-ring (bicyclic) bond motifs is 2. The molecule has 3 atom stereocenters. The molecule has 7 heteroatoms. The molecule has 3 aromatic carbocycles. The number of anilines is 2. The minimum atomic E-state index is -3.86. The molecular formula is C28H30N2O4S. The number of carbonyl (C=O) groups excluding carboxylic acids is 1. The van der Waals surface area contributed by atoms with Crippen LogP contribution < -0.4 is 9.62 Å². The van der Waals surface area contributed by atoms with Gasteiger partial charge in [0.05, 0.1) is 23.1 Å². The van der Waals surface area contributed by atoms with Crippen LogP contribution in [0, 0.1) is 0 Å². The molecule has 5 rings (SSSR count). The number of aliphatic hydroxyl groups excluding tert-OH is 1. The highest BCUT2D eigenvalue weighted by Crippen LogP contribution is 2.41. The summed E-state index contributed by atoms with van der Waals surface area (Å²) in [5.41, 5.74) is 5.06. The molecule has 0 radical (unpaired) electrons. The molecule has 35 heavy (non-hydrogen) atoms. The molecule has 0 saturated heterocycles. The third-order valence-electron chi connectivity index (χ3n) is 7.20. The average Bonchev–Trinajstić information content (AvgIpc) is 3.02. The maximum Gasteiger partial charge on any atom is 0.240 e. The highest BCUT2D eigenvalue weighted by molar-refractivity contribution is 7.89. The molecule has 1 aliphatic carbocycles. The summed E-state index contributed by atoms with van der Waals surface area (Å²) in [7, 11) is -3.86. The molecule has 1 heterocycles. The zero-order valence-electron chi connectivity index (χ0n) is 19.7. The number of rotatable bonds is 5. The van der Waals surface area contributed by atoms with Gasteiger partial charge in [-0.15, -0.1) is 0 Å². The first-order valence-corrected chi connectivity index (χ1v) is 13.6. The van der Waals surface area contributed by atoms with Crippen molar-refractivity contribution in [3.63, 3.8) is 0 Å². The number of nitrogens with zero attached hydrogens (tertiary/aromatic N) is 1. The van der Waals surface area contributed by atoms with Crippen LogP contribution in [0.25, 0.3) is 0 Å². The minimum absolute atomic E-state index is 0.0855. The van der Waals surface area contributed by atoms with E-state index >= 15 is 0 Å². The van der Waals surface area contributed by atoms with Crippen LogP contribution >= 0.6 is 0 Å². The summed E-state index contributed by atoms with van der Waals surface area (Å²) >= 11 is 0. The highest BCUT2D eigenvalue weighted by atomic mass is 32.2. The number of nitrogens with one attached hydrogen (secondary N) is 1. The van der Waals surface area contributed by atoms with Gasteiger partial charge in [0.15, 0.2) is 5.78 Å². The van der Waals surface area contributed by atoms with Crippen molar-refractivity contribution >= 4 is 27.2 Å². The normalized spacial score (nSPS) is 22.1. The first-order valence-electron chi connectivity index (χ1n) is 12.1. The summed E-state index contributed by atoms with van der Waals surface area (Å²) in [5, 5.41) is 11.5. The van der Waals surface area contributed by atoms with E-state index in [1.807, 2.05) is 24.3 Å². The number of aliphatic hydroxyl groups is 1. The summed E-state index contributed by atoms with van der Waals surface area (Å²) in [6.07, 6.45) is 3.04. The minimum Gasteiger partial charge on any atom is -0.389 e. The Bertz CT molecular complexity index is 1290. The van der Waals surface area contributed by atoms with Crippen molar-refractivity contribution in [2.24, 2.45) is 0 Å². The third kappa shape index (κ3) is 4.63. The molecule has 0 spiro atoms. The van der Waals surface area contributed by atoms with Crippen molar-refractivity contribution in [3.05, 3.63) is 89.5 Å². The van der Waals surface area contributed by atoms with Crippen LogP contribution in [0.1, 0.15) is 47.7 Å². The number of sulfonamides is 1. The van der Waals surface area contributed by atoms with E-state index in [0.29, 0.717) is 12.0 Å². The van der Waals surface area contributed by atoms with Gasteiger partial charge in [-0.25, -0.2) is 13.1 Å². The van der Waals surface area contributed by atoms with Crippen molar-refractivity contribution < 1.29 is 18.3 Å². The molecule has 3 aromatic rings. The van der Waals surface area contributed by atoms with Gasteiger partial charge >= 0.3 is 0 Å². The highest BCUT2D eigenvalue weighted by Gasteiger charge is 2.40. The maximum atomic E-state index is 13.1. The lowest BCUT2D eigenvalue weighted by Gasteiger charge is -2.43. The lowest BCUT2D eigenvalue weighted by Crippen LogP contribution is -2.55. The Morgan fingerprint density at radius 1 is 0.886 bits per heavy atom. The number of hydrogen-bond donors (Lipinski definition) is 2. The van der Waals surface area contributed by atoms with Gasteiger partial charge in [-0.05, 0) is 74.4 Å². The summed E-state index contributed by atoms with van der Waals surface area (Å²) in [6.45, 7) is 1.44. The molecule has 0 amide bonds. The number of aryl methyl sites for hydroxylation is 2. The quantitative estimate of drug-likeness (QED) is 0.518. The number of Topliss-reactive ketones (excluding diaryl/α,β-unsaturated/α-hetero) is 1. The van der Waals surface area contributed by atoms with E-state index in [9.17, 15) is 18.3 Å². The number of para-hydroxylation sites is 2. The molecule has 1 aliphatic heterocycles. The van der Waals surface area contributed by atoms with Gasteiger partial charge in [-0.2, -0.15) is 0 Å². The Morgan fingerprint density at radius 3 is 2.03 bits per heavy atom. The van der Waals surface area contributed by atoms with Gasteiger partial charge in [0.2, 0.25) is 10.0 Å². The standard InChI is InChI=1S/C28H30N2O4S/c1-19(31)20-15-17-23(18-16-20)35(33,34)29-24-9-6-12-27(28(24)32)30-25-10-4-2-7-21(25)13-14-22-8-3-5-11-26(22)30/h2-5,7-8,10-11,15-18,24,27-29,32H,6,9,12-14H2,1H3. The smallest absolute Gasteiger partial charge is 0.240 e. The van der Waals surface area contributed by atoms with Gasteiger partial charge in [0, 0.05) is 16.9 Å². The third-order valence-corrected chi connectivity index (χ3v) is 8.70. The fourth-order valence-electron chi connectivity index (χ4n) is 5.37. The second-order valence-electron chi connectivity index (χ2n) is 9.42. The van der Waals surface area contributed by atoms with Crippen molar-refractivity contribution in [1.29, 1.82) is 0 Å². The second-order valence-corrected chi connectivity index (χ2v) is 11.1. The maximum absolute atomic E-state index is 13.1. The Hall–Kier alpha value is -3.00. The van der Waals surface area contributed by atoms with E-state index in [1.54, 1.807) is 0 Å². The van der Waals surface area contributed by atoms with Gasteiger partial charge in [0.1, 0.15) is 0 Å². The van der Waals surface area contributed by atoms with E-state index in [2.05, 4.69) is 33.9 Å². The Kier molecular flexibility index (Phi) is 6.49. The first-order chi connectivity index (χ1) is 16.8. The zero-order valence-corrected chi connectivity index (χ0v) is 20.5. The lowest BCUT2D eigenvalue weighted by molar-refractivity contribution is 0.0812. The van der Waals surface area contributed by atoms with Crippen LogP contribution in [0.2, 0.25) is 0 Å². The average molecular weight is 491 g/mol. The summed E-state index contributed by atoms with van der Waals surface area (Å²) in [4.78, 5) is 13.9. The fraction of sp³-hybridized carbons (Fsp3) is 0.321. The van der Waals surface area contributed by atoms with E-state index in [0.717, 1.165) is 37.1 Å². The summed E-state index contributed by atoms with van der Waals surface area (Å²) < 4.78 is 29.0. The Labute approximate surface area is 206 Å². The first kappa shape index (κ1) is 23.7. The SMILES string of the molecule is CC(=O)c1ccc(S(=O)(=O)NC2CCCC(N3c4ccccc4CCc4ccccc43)C2O)cc1. The molecule has 3 unspecified atom stereocenters. The molecule has 1 fully saturated rings. The van der Waals surface area contributed by atoms with Crippen LogP contribution in [-0.4, -0.2) is 37.5 Å². The molecule has 0 aromatic heterocycles. The van der Waals surface area contributed by atoms with Crippen LogP contribution in [-0.2, 0) is 22.9 Å². The van der Waals surface area contributed by atoms with Crippen LogP contribution in [0.15, 0.2) is 77.7 Å². The van der Waals surface area contributed by atoms with E-state index in [1.165, 1.54) is 42.3 Å². The zero-order chi connectivity index (χ0) is 24.6. The van der Waals surface area contributed by atoms with Crippen LogP contribution in [0.5, 0.6) is 0 Å². The monoisotopic (exact) mass is 490 g/mol. The van der Waals surface area contributed by atoms with E-state index in [-0.39, 0.29) is 16.7 Å². The van der Waals surface area contributed by atoms with Gasteiger partial charge < -0.3 is 10.0 Å². The number of benzene rings is 3. The van der Waals surface area contributed by atoms with E-state index < -0.39 is 22.2 Å². The van der Waals surface area contributed by atoms with E-state index in [4.69, 9.17) is 0 Å². The number of carbonyl (C=O) groups is 1. The molecule has 6 nitrogen and oxygen atoms in total.